The molecule has 18 heavy (non-hydrogen) atoms. The summed E-state index contributed by atoms with van der Waals surface area (Å²) in [4.78, 5) is -0.340. The van der Waals surface area contributed by atoms with Crippen molar-refractivity contribution in [2.75, 3.05) is 12.8 Å². The number of halogens is 1. The van der Waals surface area contributed by atoms with E-state index < -0.39 is 15.8 Å². The van der Waals surface area contributed by atoms with Gasteiger partial charge in [0.15, 0.2) is 0 Å². The van der Waals surface area contributed by atoms with Crippen LogP contribution in [-0.2, 0) is 16.6 Å². The van der Waals surface area contributed by atoms with Crippen molar-refractivity contribution in [2.45, 2.75) is 23.6 Å². The number of hydrogen-bond donors (Lipinski definition) is 2. The van der Waals surface area contributed by atoms with Gasteiger partial charge in [0.05, 0.1) is 0 Å². The van der Waals surface area contributed by atoms with Gasteiger partial charge in [0, 0.05) is 18.3 Å². The molecule has 0 heterocycles. The molecule has 0 fully saturated rings. The number of hydrogen-bond acceptors (Lipinski definition) is 4. The Kier molecular flexibility index (Phi) is 5.58. The number of thioether (sulfide) groups is 1. The molecule has 0 aliphatic rings. The van der Waals surface area contributed by atoms with Crippen LogP contribution in [0.2, 0.25) is 0 Å². The minimum Gasteiger partial charge on any atom is -0.326 e. The van der Waals surface area contributed by atoms with Gasteiger partial charge in [-0.05, 0) is 24.0 Å². The maximum Gasteiger partial charge on any atom is 0.243 e. The predicted molar refractivity (Wildman–Crippen MR) is 72.5 cm³/mol. The highest BCUT2D eigenvalue weighted by Crippen LogP contribution is 2.16. The van der Waals surface area contributed by atoms with Gasteiger partial charge in [-0.15, -0.1) is 0 Å². The molecule has 0 aromatic heterocycles. The quantitative estimate of drug-likeness (QED) is 0.829. The summed E-state index contributed by atoms with van der Waals surface area (Å²) in [5, 5.41) is 0.131. The Morgan fingerprint density at radius 1 is 1.50 bits per heavy atom. The maximum atomic E-state index is 13.7. The van der Waals surface area contributed by atoms with Gasteiger partial charge in [0.25, 0.3) is 0 Å². The van der Waals surface area contributed by atoms with E-state index in [4.69, 9.17) is 5.73 Å². The van der Waals surface area contributed by atoms with Crippen LogP contribution in [0.1, 0.15) is 12.5 Å². The SMILES string of the molecule is CSC(C)CNS(=O)(=O)c1ccc(CN)cc1F. The van der Waals surface area contributed by atoms with Crippen molar-refractivity contribution in [3.8, 4) is 0 Å². The minimum atomic E-state index is -3.80. The highest BCUT2D eigenvalue weighted by atomic mass is 32.2. The van der Waals surface area contributed by atoms with E-state index in [-0.39, 0.29) is 23.2 Å². The van der Waals surface area contributed by atoms with E-state index in [1.165, 1.54) is 23.9 Å². The molecule has 0 radical (unpaired) electrons. The fourth-order valence-electron chi connectivity index (χ4n) is 1.28. The lowest BCUT2D eigenvalue weighted by Crippen LogP contribution is -2.30. The molecule has 1 unspecified atom stereocenters. The van der Waals surface area contributed by atoms with Crippen LogP contribution >= 0.6 is 11.8 Å². The lowest BCUT2D eigenvalue weighted by atomic mass is 10.2. The van der Waals surface area contributed by atoms with E-state index in [0.717, 1.165) is 6.07 Å². The number of nitrogens with two attached hydrogens (primary N) is 1. The zero-order valence-corrected chi connectivity index (χ0v) is 11.9. The standard InChI is InChI=1S/C11H17FN2O2S2/c1-8(17-2)7-14-18(15,16)11-4-3-9(6-13)5-10(11)12/h3-5,8,14H,6-7,13H2,1-2H3. The molecular weight excluding hydrogens is 275 g/mol. The summed E-state index contributed by atoms with van der Waals surface area (Å²) in [6, 6.07) is 3.89. The first-order chi connectivity index (χ1) is 8.40. The molecule has 1 aromatic rings. The van der Waals surface area contributed by atoms with Crippen molar-refractivity contribution in [1.29, 1.82) is 0 Å². The van der Waals surface area contributed by atoms with Crippen molar-refractivity contribution in [1.82, 2.24) is 4.72 Å². The summed E-state index contributed by atoms with van der Waals surface area (Å²) in [7, 11) is -3.80. The van der Waals surface area contributed by atoms with Gasteiger partial charge in [-0.2, -0.15) is 11.8 Å². The van der Waals surface area contributed by atoms with Crippen molar-refractivity contribution < 1.29 is 12.8 Å². The fraction of sp³-hybridized carbons (Fsp3) is 0.455. The summed E-state index contributed by atoms with van der Waals surface area (Å²) < 4.78 is 39.8. The maximum absolute atomic E-state index is 13.7. The van der Waals surface area contributed by atoms with Crippen LogP contribution in [0.5, 0.6) is 0 Å². The Hall–Kier alpha value is -0.630. The van der Waals surface area contributed by atoms with Crippen LogP contribution < -0.4 is 10.5 Å². The molecule has 0 saturated carbocycles. The van der Waals surface area contributed by atoms with Crippen LogP contribution in [0.4, 0.5) is 4.39 Å². The van der Waals surface area contributed by atoms with Gasteiger partial charge >= 0.3 is 0 Å². The molecule has 0 spiro atoms. The Labute approximate surface area is 111 Å². The van der Waals surface area contributed by atoms with E-state index in [9.17, 15) is 12.8 Å². The summed E-state index contributed by atoms with van der Waals surface area (Å²) in [6.45, 7) is 2.33. The molecule has 7 heteroatoms. The van der Waals surface area contributed by atoms with E-state index in [2.05, 4.69) is 4.72 Å². The molecule has 0 amide bonds. The van der Waals surface area contributed by atoms with Gasteiger partial charge < -0.3 is 5.73 Å². The van der Waals surface area contributed by atoms with Gasteiger partial charge in [-0.3, -0.25) is 0 Å². The van der Waals surface area contributed by atoms with Crippen molar-refractivity contribution >= 4 is 21.8 Å². The molecule has 0 saturated heterocycles. The highest BCUT2D eigenvalue weighted by molar-refractivity contribution is 7.99. The zero-order valence-electron chi connectivity index (χ0n) is 10.3. The molecule has 0 aliphatic carbocycles. The van der Waals surface area contributed by atoms with Crippen molar-refractivity contribution in [2.24, 2.45) is 5.73 Å². The van der Waals surface area contributed by atoms with Gasteiger partial charge in [-0.1, -0.05) is 13.0 Å². The summed E-state index contributed by atoms with van der Waals surface area (Å²) in [5.41, 5.74) is 5.92. The third-order valence-electron chi connectivity index (χ3n) is 2.48. The van der Waals surface area contributed by atoms with Gasteiger partial charge in [0.1, 0.15) is 10.7 Å². The molecule has 102 valence electrons. The second kappa shape index (κ2) is 6.51. The van der Waals surface area contributed by atoms with E-state index in [0.29, 0.717) is 5.56 Å². The summed E-state index contributed by atoms with van der Waals surface area (Å²) in [6.07, 6.45) is 1.88. The third kappa shape index (κ3) is 3.94. The van der Waals surface area contributed by atoms with Crippen LogP contribution in [-0.4, -0.2) is 26.5 Å². The monoisotopic (exact) mass is 292 g/mol. The Bertz CT molecular complexity index is 506. The van der Waals surface area contributed by atoms with E-state index in [1.807, 2.05) is 13.2 Å². The normalized spacial score (nSPS) is 13.6. The Morgan fingerprint density at radius 2 is 2.17 bits per heavy atom. The smallest absolute Gasteiger partial charge is 0.243 e. The largest absolute Gasteiger partial charge is 0.326 e. The molecule has 0 bridgehead atoms. The van der Waals surface area contributed by atoms with Crippen LogP contribution in [0.15, 0.2) is 23.1 Å². The molecule has 1 atom stereocenters. The first-order valence-electron chi connectivity index (χ1n) is 5.41. The second-order valence-corrected chi connectivity index (χ2v) is 6.88. The number of rotatable bonds is 6. The Morgan fingerprint density at radius 3 is 2.67 bits per heavy atom. The van der Waals surface area contributed by atoms with Crippen LogP contribution in [0.25, 0.3) is 0 Å². The first kappa shape index (κ1) is 15.4. The second-order valence-electron chi connectivity index (χ2n) is 3.87. The molecule has 3 N–H and O–H groups in total. The summed E-state index contributed by atoms with van der Waals surface area (Å²) in [5.74, 6) is -0.776. The number of sulfonamides is 1. The van der Waals surface area contributed by atoms with Gasteiger partial charge in [-0.25, -0.2) is 17.5 Å². The average Bonchev–Trinajstić information content (AvgIpc) is 2.35. The molecular formula is C11H17FN2O2S2. The number of nitrogens with one attached hydrogen (secondary N) is 1. The van der Waals surface area contributed by atoms with Crippen LogP contribution in [0, 0.1) is 5.82 Å². The zero-order chi connectivity index (χ0) is 13.8. The topological polar surface area (TPSA) is 72.2 Å². The lowest BCUT2D eigenvalue weighted by Gasteiger charge is -2.11. The van der Waals surface area contributed by atoms with Crippen molar-refractivity contribution in [3.05, 3.63) is 29.6 Å². The predicted octanol–water partition coefficient (Wildman–Crippen LogP) is 1.31. The third-order valence-corrected chi connectivity index (χ3v) is 4.91. The molecule has 1 rings (SSSR count). The van der Waals surface area contributed by atoms with Crippen molar-refractivity contribution in [3.63, 3.8) is 0 Å². The van der Waals surface area contributed by atoms with Gasteiger partial charge in [0.2, 0.25) is 10.0 Å². The minimum absolute atomic E-state index is 0.131. The molecule has 1 aromatic carbocycles. The Balaban J connectivity index is 2.91. The molecule has 4 nitrogen and oxygen atoms in total. The highest BCUT2D eigenvalue weighted by Gasteiger charge is 2.19. The average molecular weight is 292 g/mol. The van der Waals surface area contributed by atoms with E-state index >= 15 is 0 Å². The first-order valence-corrected chi connectivity index (χ1v) is 8.18. The van der Waals surface area contributed by atoms with E-state index in [1.54, 1.807) is 0 Å². The number of benzene rings is 1. The lowest BCUT2D eigenvalue weighted by molar-refractivity contribution is 0.556. The summed E-state index contributed by atoms with van der Waals surface area (Å²) >= 11 is 1.53. The fourth-order valence-corrected chi connectivity index (χ4v) is 2.82. The molecule has 0 aliphatic heterocycles. The van der Waals surface area contributed by atoms with Crippen LogP contribution in [0.3, 0.4) is 0 Å².